The second-order valence-corrected chi connectivity index (χ2v) is 8.03. The van der Waals surface area contributed by atoms with Crippen LogP contribution in [0.5, 0.6) is 0 Å². The van der Waals surface area contributed by atoms with Crippen LogP contribution in [0.1, 0.15) is 57.1 Å². The highest BCUT2D eigenvalue weighted by molar-refractivity contribution is 6.06. The number of halogens is 3. The molecular formula is C23H20F3N3O4. The third kappa shape index (κ3) is 4.89. The van der Waals surface area contributed by atoms with Crippen LogP contribution in [-0.2, 0) is 16.1 Å². The van der Waals surface area contributed by atoms with E-state index in [1.54, 1.807) is 18.2 Å². The standard InChI is InChI=1S/C23H20F3N3O4/c24-23(25,26)11-17(13-4-2-1-3-5-13)27-20(31)14-6-7-16-15(10-14)12-29(22(16)33)18-8-9-19(30)28-21(18)32/h1-7,10,17-18H,8-9,11-12H2,(H,27,31)(H,28,30,32). The molecule has 10 heteroatoms. The van der Waals surface area contributed by atoms with E-state index in [1.165, 1.54) is 35.2 Å². The molecule has 33 heavy (non-hydrogen) atoms. The van der Waals surface area contributed by atoms with E-state index < -0.39 is 48.3 Å². The number of carbonyl (C=O) groups excluding carboxylic acids is 4. The third-order valence-corrected chi connectivity index (χ3v) is 5.73. The van der Waals surface area contributed by atoms with Crippen LogP contribution in [0.4, 0.5) is 13.2 Å². The average molecular weight is 459 g/mol. The molecule has 0 saturated carbocycles. The summed E-state index contributed by atoms with van der Waals surface area (Å²) in [6.45, 7) is 0.0617. The van der Waals surface area contributed by atoms with Gasteiger partial charge in [-0.2, -0.15) is 13.2 Å². The second kappa shape index (κ2) is 8.68. The molecule has 2 aromatic carbocycles. The van der Waals surface area contributed by atoms with E-state index >= 15 is 0 Å². The van der Waals surface area contributed by atoms with Gasteiger partial charge in [-0.05, 0) is 35.7 Å². The highest BCUT2D eigenvalue weighted by Gasteiger charge is 2.39. The molecule has 0 aliphatic carbocycles. The van der Waals surface area contributed by atoms with Gasteiger partial charge in [0, 0.05) is 24.1 Å². The van der Waals surface area contributed by atoms with Crippen molar-refractivity contribution in [2.24, 2.45) is 0 Å². The first kappa shape index (κ1) is 22.5. The molecule has 2 atom stereocenters. The molecule has 7 nitrogen and oxygen atoms in total. The van der Waals surface area contributed by atoms with Crippen molar-refractivity contribution in [2.75, 3.05) is 0 Å². The van der Waals surface area contributed by atoms with Crippen molar-refractivity contribution in [3.8, 4) is 0 Å². The molecule has 2 aliphatic rings. The Morgan fingerprint density at radius 3 is 2.52 bits per heavy atom. The van der Waals surface area contributed by atoms with Crippen LogP contribution in [0, 0.1) is 0 Å². The minimum absolute atomic E-state index is 0.0617. The van der Waals surface area contributed by atoms with E-state index in [2.05, 4.69) is 10.6 Å². The van der Waals surface area contributed by atoms with Crippen LogP contribution >= 0.6 is 0 Å². The molecule has 2 N–H and O–H groups in total. The minimum atomic E-state index is -4.49. The van der Waals surface area contributed by atoms with Gasteiger partial charge in [0.05, 0.1) is 12.5 Å². The lowest BCUT2D eigenvalue weighted by atomic mass is 10.0. The van der Waals surface area contributed by atoms with Crippen LogP contribution in [-0.4, -0.2) is 40.7 Å². The van der Waals surface area contributed by atoms with E-state index in [1.807, 2.05) is 0 Å². The van der Waals surface area contributed by atoms with Crippen molar-refractivity contribution < 1.29 is 32.3 Å². The maximum Gasteiger partial charge on any atom is 0.391 e. The fourth-order valence-corrected chi connectivity index (χ4v) is 4.13. The Hall–Kier alpha value is -3.69. The lowest BCUT2D eigenvalue weighted by Gasteiger charge is -2.29. The monoisotopic (exact) mass is 459 g/mol. The minimum Gasteiger partial charge on any atom is -0.345 e. The molecule has 1 saturated heterocycles. The van der Waals surface area contributed by atoms with Gasteiger partial charge in [-0.3, -0.25) is 24.5 Å². The second-order valence-electron chi connectivity index (χ2n) is 8.03. The fourth-order valence-electron chi connectivity index (χ4n) is 4.13. The summed E-state index contributed by atoms with van der Waals surface area (Å²) >= 11 is 0. The smallest absolute Gasteiger partial charge is 0.345 e. The van der Waals surface area contributed by atoms with Crippen molar-refractivity contribution in [1.29, 1.82) is 0 Å². The zero-order valence-corrected chi connectivity index (χ0v) is 17.3. The van der Waals surface area contributed by atoms with E-state index in [0.717, 1.165) is 0 Å². The summed E-state index contributed by atoms with van der Waals surface area (Å²) in [4.78, 5) is 50.4. The predicted octanol–water partition coefficient (Wildman–Crippen LogP) is 2.87. The summed E-state index contributed by atoms with van der Waals surface area (Å²) in [5.74, 6) is -2.05. The Labute approximate surface area is 186 Å². The van der Waals surface area contributed by atoms with Crippen LogP contribution in [0.3, 0.4) is 0 Å². The molecule has 0 aromatic heterocycles. The number of piperidine rings is 1. The SMILES string of the molecule is O=C1CCC(N2Cc3cc(C(=O)NC(CC(F)(F)F)c4ccccc4)ccc3C2=O)C(=O)N1. The topological polar surface area (TPSA) is 95.6 Å². The van der Waals surface area contributed by atoms with Gasteiger partial charge in [-0.1, -0.05) is 30.3 Å². The van der Waals surface area contributed by atoms with Gasteiger partial charge in [0.25, 0.3) is 11.8 Å². The summed E-state index contributed by atoms with van der Waals surface area (Å²) in [7, 11) is 0. The van der Waals surface area contributed by atoms with Crippen LogP contribution < -0.4 is 10.6 Å². The number of amides is 4. The molecule has 0 radical (unpaired) electrons. The molecule has 2 aliphatic heterocycles. The largest absolute Gasteiger partial charge is 0.391 e. The summed E-state index contributed by atoms with van der Waals surface area (Å²) in [6, 6.07) is 10.1. The number of benzene rings is 2. The van der Waals surface area contributed by atoms with E-state index in [0.29, 0.717) is 16.7 Å². The molecule has 0 bridgehead atoms. The number of nitrogens with one attached hydrogen (secondary N) is 2. The number of fused-ring (bicyclic) bond motifs is 1. The number of rotatable bonds is 5. The molecule has 4 rings (SSSR count). The number of hydrogen-bond donors (Lipinski definition) is 2. The quantitative estimate of drug-likeness (QED) is 0.673. The third-order valence-electron chi connectivity index (χ3n) is 5.73. The van der Waals surface area contributed by atoms with Crippen molar-refractivity contribution in [3.63, 3.8) is 0 Å². The predicted molar refractivity (Wildman–Crippen MR) is 110 cm³/mol. The molecule has 0 spiro atoms. The Morgan fingerprint density at radius 2 is 1.85 bits per heavy atom. The number of alkyl halides is 3. The van der Waals surface area contributed by atoms with E-state index in [4.69, 9.17) is 0 Å². The van der Waals surface area contributed by atoms with Gasteiger partial charge >= 0.3 is 6.18 Å². The van der Waals surface area contributed by atoms with Gasteiger partial charge in [-0.25, -0.2) is 0 Å². The van der Waals surface area contributed by atoms with Gasteiger partial charge in [0.1, 0.15) is 6.04 Å². The zero-order valence-electron chi connectivity index (χ0n) is 17.3. The summed E-state index contributed by atoms with van der Waals surface area (Å²) < 4.78 is 39.3. The molecule has 1 fully saturated rings. The first-order valence-corrected chi connectivity index (χ1v) is 10.3. The normalized spacial score (nSPS) is 19.2. The first-order valence-electron chi connectivity index (χ1n) is 10.3. The van der Waals surface area contributed by atoms with Gasteiger partial charge in [0.2, 0.25) is 11.8 Å². The number of nitrogens with zero attached hydrogens (tertiary/aromatic N) is 1. The maximum absolute atomic E-state index is 13.1. The van der Waals surface area contributed by atoms with E-state index in [9.17, 15) is 32.3 Å². The van der Waals surface area contributed by atoms with Gasteiger partial charge < -0.3 is 10.2 Å². The summed E-state index contributed by atoms with van der Waals surface area (Å²) in [6.07, 6.45) is -5.39. The summed E-state index contributed by atoms with van der Waals surface area (Å²) in [5, 5.41) is 4.65. The number of hydrogen-bond acceptors (Lipinski definition) is 4. The first-order chi connectivity index (χ1) is 15.6. The Kier molecular flexibility index (Phi) is 5.92. The van der Waals surface area contributed by atoms with Crippen molar-refractivity contribution in [1.82, 2.24) is 15.5 Å². The number of imide groups is 1. The number of carbonyl (C=O) groups is 4. The Bertz CT molecular complexity index is 1120. The molecule has 4 amide bonds. The molecule has 2 unspecified atom stereocenters. The highest BCUT2D eigenvalue weighted by atomic mass is 19.4. The van der Waals surface area contributed by atoms with Crippen molar-refractivity contribution in [3.05, 3.63) is 70.8 Å². The summed E-state index contributed by atoms with van der Waals surface area (Å²) in [5.41, 5.74) is 1.23. The molecular weight excluding hydrogens is 439 g/mol. The van der Waals surface area contributed by atoms with E-state index in [-0.39, 0.29) is 24.9 Å². The highest BCUT2D eigenvalue weighted by Crippen LogP contribution is 2.31. The van der Waals surface area contributed by atoms with Crippen LogP contribution in [0.2, 0.25) is 0 Å². The molecule has 2 heterocycles. The van der Waals surface area contributed by atoms with Crippen molar-refractivity contribution >= 4 is 23.6 Å². The lowest BCUT2D eigenvalue weighted by molar-refractivity contribution is -0.140. The molecule has 172 valence electrons. The van der Waals surface area contributed by atoms with Gasteiger partial charge in [-0.15, -0.1) is 0 Å². The van der Waals surface area contributed by atoms with Crippen LogP contribution in [0.25, 0.3) is 0 Å². The van der Waals surface area contributed by atoms with Crippen LogP contribution in [0.15, 0.2) is 48.5 Å². The lowest BCUT2D eigenvalue weighted by Crippen LogP contribution is -2.52. The average Bonchev–Trinajstić information content (AvgIpc) is 3.08. The Balaban J connectivity index is 1.52. The Morgan fingerprint density at radius 1 is 1.12 bits per heavy atom. The van der Waals surface area contributed by atoms with Gasteiger partial charge in [0.15, 0.2) is 0 Å². The van der Waals surface area contributed by atoms with Crippen molar-refractivity contribution in [2.45, 2.75) is 44.1 Å². The molecule has 2 aromatic rings. The zero-order chi connectivity index (χ0) is 23.8. The fraction of sp³-hybridized carbons (Fsp3) is 0.304. The maximum atomic E-state index is 13.1.